The Morgan fingerprint density at radius 1 is 1.73 bits per heavy atom. The molecule has 0 aromatic carbocycles. The zero-order valence-electron chi connectivity index (χ0n) is 9.07. The van der Waals surface area contributed by atoms with Gasteiger partial charge in [0.1, 0.15) is 6.42 Å². The Hall–Kier alpha value is -1.30. The lowest BCUT2D eigenvalue weighted by molar-refractivity contribution is -0.134. The molecule has 1 aliphatic carbocycles. The van der Waals surface area contributed by atoms with Gasteiger partial charge in [-0.15, -0.1) is 0 Å². The smallest absolute Gasteiger partial charge is 0.237 e. The molecule has 0 saturated carbocycles. The van der Waals surface area contributed by atoms with E-state index in [2.05, 4.69) is 13.0 Å². The van der Waals surface area contributed by atoms with Crippen LogP contribution in [0.4, 0.5) is 0 Å². The number of nitriles is 1. The second-order valence-corrected chi connectivity index (χ2v) is 4.42. The van der Waals surface area contributed by atoms with Gasteiger partial charge in [-0.3, -0.25) is 4.79 Å². The molecule has 1 saturated heterocycles. The van der Waals surface area contributed by atoms with Crippen LogP contribution in [0.2, 0.25) is 0 Å². The summed E-state index contributed by atoms with van der Waals surface area (Å²) < 4.78 is 0. The quantitative estimate of drug-likeness (QED) is 0.612. The van der Waals surface area contributed by atoms with Crippen molar-refractivity contribution in [1.82, 2.24) is 4.90 Å². The number of hydrogen-bond acceptors (Lipinski definition) is 2. The molecule has 2 aliphatic rings. The Balaban J connectivity index is 2.09. The molecular formula is C12H16N2O. The van der Waals surface area contributed by atoms with Crippen molar-refractivity contribution in [2.45, 2.75) is 38.6 Å². The topological polar surface area (TPSA) is 44.1 Å². The van der Waals surface area contributed by atoms with Crippen LogP contribution < -0.4 is 0 Å². The fourth-order valence-electron chi connectivity index (χ4n) is 2.82. The SMILES string of the molecule is CC1=CCC2C1CCCN2C(=O)CC#N. The summed E-state index contributed by atoms with van der Waals surface area (Å²) in [7, 11) is 0. The number of amides is 1. The van der Waals surface area contributed by atoms with E-state index in [1.54, 1.807) is 0 Å². The maximum atomic E-state index is 11.7. The highest BCUT2D eigenvalue weighted by Crippen LogP contribution is 2.36. The summed E-state index contributed by atoms with van der Waals surface area (Å²) in [5, 5.41) is 8.55. The molecule has 1 aliphatic heterocycles. The number of likely N-dealkylation sites (tertiary alicyclic amines) is 1. The summed E-state index contributed by atoms with van der Waals surface area (Å²) in [5.41, 5.74) is 1.43. The third-order valence-electron chi connectivity index (χ3n) is 3.60. The van der Waals surface area contributed by atoms with E-state index in [0.717, 1.165) is 19.4 Å². The molecule has 0 N–H and O–H groups in total. The average Bonchev–Trinajstić information content (AvgIpc) is 2.61. The predicted octanol–water partition coefficient (Wildman–Crippen LogP) is 1.86. The molecule has 2 rings (SSSR count). The Morgan fingerprint density at radius 3 is 3.27 bits per heavy atom. The fraction of sp³-hybridized carbons (Fsp3) is 0.667. The summed E-state index contributed by atoms with van der Waals surface area (Å²) in [6, 6.07) is 2.29. The van der Waals surface area contributed by atoms with Gasteiger partial charge in [-0.25, -0.2) is 0 Å². The molecule has 1 heterocycles. The molecule has 0 bridgehead atoms. The minimum Gasteiger partial charge on any atom is -0.338 e. The highest BCUT2D eigenvalue weighted by Gasteiger charge is 2.36. The Kier molecular flexibility index (Phi) is 2.77. The molecule has 0 radical (unpaired) electrons. The van der Waals surface area contributed by atoms with E-state index < -0.39 is 0 Å². The molecule has 2 atom stereocenters. The fourth-order valence-corrected chi connectivity index (χ4v) is 2.82. The summed E-state index contributed by atoms with van der Waals surface area (Å²) in [5.74, 6) is 0.566. The third kappa shape index (κ3) is 1.77. The van der Waals surface area contributed by atoms with Gasteiger partial charge in [-0.2, -0.15) is 5.26 Å². The lowest BCUT2D eigenvalue weighted by Crippen LogP contribution is -2.46. The summed E-state index contributed by atoms with van der Waals surface area (Å²) in [6.07, 6.45) is 5.52. The largest absolute Gasteiger partial charge is 0.338 e. The average molecular weight is 204 g/mol. The van der Waals surface area contributed by atoms with Crippen molar-refractivity contribution in [3.05, 3.63) is 11.6 Å². The maximum absolute atomic E-state index is 11.7. The first kappa shape index (κ1) is 10.2. The van der Waals surface area contributed by atoms with Gasteiger partial charge in [-0.1, -0.05) is 11.6 Å². The van der Waals surface area contributed by atoms with Crippen LogP contribution in [-0.2, 0) is 4.79 Å². The predicted molar refractivity (Wildman–Crippen MR) is 56.8 cm³/mol. The van der Waals surface area contributed by atoms with Crippen LogP contribution in [0.15, 0.2) is 11.6 Å². The van der Waals surface area contributed by atoms with Crippen LogP contribution in [-0.4, -0.2) is 23.4 Å². The van der Waals surface area contributed by atoms with E-state index in [0.29, 0.717) is 12.0 Å². The highest BCUT2D eigenvalue weighted by atomic mass is 16.2. The van der Waals surface area contributed by atoms with Crippen molar-refractivity contribution >= 4 is 5.91 Å². The van der Waals surface area contributed by atoms with Crippen LogP contribution in [0.1, 0.15) is 32.6 Å². The monoisotopic (exact) mass is 204 g/mol. The van der Waals surface area contributed by atoms with E-state index in [1.165, 1.54) is 12.0 Å². The van der Waals surface area contributed by atoms with E-state index in [-0.39, 0.29) is 12.3 Å². The maximum Gasteiger partial charge on any atom is 0.237 e. The number of nitrogens with zero attached hydrogens (tertiary/aromatic N) is 2. The molecule has 80 valence electrons. The van der Waals surface area contributed by atoms with E-state index in [4.69, 9.17) is 5.26 Å². The second kappa shape index (κ2) is 4.06. The van der Waals surface area contributed by atoms with Crippen LogP contribution >= 0.6 is 0 Å². The van der Waals surface area contributed by atoms with Crippen molar-refractivity contribution in [3.63, 3.8) is 0 Å². The van der Waals surface area contributed by atoms with Gasteiger partial charge in [0, 0.05) is 18.5 Å². The molecule has 15 heavy (non-hydrogen) atoms. The van der Waals surface area contributed by atoms with Crippen LogP contribution in [0.5, 0.6) is 0 Å². The normalized spacial score (nSPS) is 29.3. The number of hydrogen-bond donors (Lipinski definition) is 0. The number of carbonyl (C=O) groups is 1. The van der Waals surface area contributed by atoms with Gasteiger partial charge >= 0.3 is 0 Å². The molecule has 0 aromatic heterocycles. The summed E-state index contributed by atoms with van der Waals surface area (Å²) in [4.78, 5) is 13.6. The van der Waals surface area contributed by atoms with Gasteiger partial charge in [0.25, 0.3) is 0 Å². The molecule has 3 nitrogen and oxygen atoms in total. The van der Waals surface area contributed by atoms with Gasteiger partial charge in [0.05, 0.1) is 6.07 Å². The van der Waals surface area contributed by atoms with Crippen molar-refractivity contribution in [3.8, 4) is 6.07 Å². The van der Waals surface area contributed by atoms with Gasteiger partial charge in [-0.05, 0) is 26.2 Å². The third-order valence-corrected chi connectivity index (χ3v) is 3.60. The molecule has 1 fully saturated rings. The number of fused-ring (bicyclic) bond motifs is 1. The molecule has 2 unspecified atom stereocenters. The van der Waals surface area contributed by atoms with Crippen LogP contribution in [0.3, 0.4) is 0 Å². The van der Waals surface area contributed by atoms with Crippen LogP contribution in [0.25, 0.3) is 0 Å². The number of carbonyl (C=O) groups excluding carboxylic acids is 1. The van der Waals surface area contributed by atoms with Gasteiger partial charge < -0.3 is 4.90 Å². The van der Waals surface area contributed by atoms with Crippen molar-refractivity contribution in [1.29, 1.82) is 5.26 Å². The molecule has 0 aromatic rings. The Bertz CT molecular complexity index is 340. The van der Waals surface area contributed by atoms with Crippen LogP contribution in [0, 0.1) is 17.2 Å². The van der Waals surface area contributed by atoms with Gasteiger partial charge in [0.2, 0.25) is 5.91 Å². The number of piperidine rings is 1. The minimum absolute atomic E-state index is 0.00954. The molecule has 3 heteroatoms. The standard InChI is InChI=1S/C12H16N2O/c1-9-4-5-11-10(9)3-2-8-14(11)12(15)6-7-13/h4,10-11H,2-3,5-6,8H2,1H3. The highest BCUT2D eigenvalue weighted by molar-refractivity contribution is 5.78. The first-order valence-corrected chi connectivity index (χ1v) is 5.57. The van der Waals surface area contributed by atoms with Crippen molar-refractivity contribution in [2.24, 2.45) is 5.92 Å². The number of rotatable bonds is 1. The first-order chi connectivity index (χ1) is 7.24. The lowest BCUT2D eigenvalue weighted by atomic mass is 9.88. The molecular weight excluding hydrogens is 188 g/mol. The van der Waals surface area contributed by atoms with Gasteiger partial charge in [0.15, 0.2) is 0 Å². The Morgan fingerprint density at radius 2 is 2.53 bits per heavy atom. The van der Waals surface area contributed by atoms with Crippen molar-refractivity contribution in [2.75, 3.05) is 6.54 Å². The van der Waals surface area contributed by atoms with Crippen molar-refractivity contribution < 1.29 is 4.79 Å². The summed E-state index contributed by atoms with van der Waals surface area (Å²) >= 11 is 0. The van der Waals surface area contributed by atoms with E-state index in [1.807, 2.05) is 11.0 Å². The second-order valence-electron chi connectivity index (χ2n) is 4.42. The van der Waals surface area contributed by atoms with E-state index in [9.17, 15) is 4.79 Å². The zero-order valence-corrected chi connectivity index (χ0v) is 9.07. The zero-order chi connectivity index (χ0) is 10.8. The minimum atomic E-state index is 0.00954. The molecule has 1 amide bonds. The molecule has 0 spiro atoms. The lowest BCUT2D eigenvalue weighted by Gasteiger charge is -2.38. The first-order valence-electron chi connectivity index (χ1n) is 5.57. The summed E-state index contributed by atoms with van der Waals surface area (Å²) in [6.45, 7) is 2.99. The van der Waals surface area contributed by atoms with E-state index >= 15 is 0 Å². The Labute approximate surface area is 90.4 Å².